The van der Waals surface area contributed by atoms with Crippen LogP contribution in [-0.4, -0.2) is 11.7 Å². The second-order valence-corrected chi connectivity index (χ2v) is 7.88. The Morgan fingerprint density at radius 1 is 1.17 bits per heavy atom. The highest BCUT2D eigenvalue weighted by Gasteiger charge is 2.19. The van der Waals surface area contributed by atoms with Gasteiger partial charge in [0.1, 0.15) is 4.88 Å². The molecular weight excluding hydrogens is 369 g/mol. The molecular formula is C17H13Cl2NOS2. The first-order valence-corrected chi connectivity index (χ1v) is 9.57. The Morgan fingerprint density at radius 3 is 2.70 bits per heavy atom. The molecule has 2 nitrogen and oxygen atoms in total. The number of amides is 1. The molecule has 2 aromatic carbocycles. The monoisotopic (exact) mass is 381 g/mol. The summed E-state index contributed by atoms with van der Waals surface area (Å²) in [7, 11) is 0. The maximum absolute atomic E-state index is 12.6. The Balaban J connectivity index is 1.96. The van der Waals surface area contributed by atoms with Gasteiger partial charge in [0.05, 0.1) is 15.7 Å². The molecule has 0 aliphatic carbocycles. The molecule has 118 valence electrons. The minimum Gasteiger partial charge on any atom is -0.320 e. The maximum Gasteiger partial charge on any atom is 0.267 e. The fourth-order valence-corrected chi connectivity index (χ4v) is 4.86. The van der Waals surface area contributed by atoms with E-state index in [0.29, 0.717) is 14.9 Å². The van der Waals surface area contributed by atoms with Crippen molar-refractivity contribution in [1.29, 1.82) is 0 Å². The average Bonchev–Trinajstić information content (AvgIpc) is 2.88. The van der Waals surface area contributed by atoms with E-state index in [1.165, 1.54) is 11.3 Å². The second-order valence-electron chi connectivity index (χ2n) is 4.74. The predicted octanol–water partition coefficient (Wildman–Crippen LogP) is 6.57. The van der Waals surface area contributed by atoms with Crippen LogP contribution in [0.4, 0.5) is 5.69 Å². The minimum absolute atomic E-state index is 0.212. The summed E-state index contributed by atoms with van der Waals surface area (Å²) in [6, 6.07) is 13.3. The van der Waals surface area contributed by atoms with Crippen LogP contribution in [0, 0.1) is 0 Å². The Hall–Kier alpha value is -1.20. The second kappa shape index (κ2) is 7.14. The minimum atomic E-state index is -0.212. The molecule has 0 atom stereocenters. The van der Waals surface area contributed by atoms with Gasteiger partial charge in [-0.1, -0.05) is 48.3 Å². The van der Waals surface area contributed by atoms with Crippen LogP contribution in [0.1, 0.15) is 16.6 Å². The van der Waals surface area contributed by atoms with E-state index >= 15 is 0 Å². The third-order valence-electron chi connectivity index (χ3n) is 3.25. The average molecular weight is 382 g/mol. The van der Waals surface area contributed by atoms with Crippen LogP contribution >= 0.6 is 46.3 Å². The fraction of sp³-hybridized carbons (Fsp3) is 0.118. The lowest BCUT2D eigenvalue weighted by Crippen LogP contribution is -2.11. The number of hydrogen-bond acceptors (Lipinski definition) is 3. The van der Waals surface area contributed by atoms with Crippen molar-refractivity contribution in [2.24, 2.45) is 0 Å². The zero-order chi connectivity index (χ0) is 16.4. The van der Waals surface area contributed by atoms with Gasteiger partial charge in [0.25, 0.3) is 5.91 Å². The Morgan fingerprint density at radius 2 is 1.96 bits per heavy atom. The lowest BCUT2D eigenvalue weighted by Gasteiger charge is -2.09. The van der Waals surface area contributed by atoms with Gasteiger partial charge in [-0.05, 0) is 30.0 Å². The van der Waals surface area contributed by atoms with Crippen LogP contribution in [0.3, 0.4) is 0 Å². The van der Waals surface area contributed by atoms with E-state index in [2.05, 4.69) is 12.2 Å². The third kappa shape index (κ3) is 3.36. The molecule has 1 aromatic heterocycles. The zero-order valence-corrected chi connectivity index (χ0v) is 15.4. The van der Waals surface area contributed by atoms with E-state index < -0.39 is 0 Å². The molecule has 1 N–H and O–H groups in total. The number of thiophene rings is 1. The molecule has 0 fully saturated rings. The van der Waals surface area contributed by atoms with Crippen molar-refractivity contribution in [2.45, 2.75) is 11.8 Å². The number of benzene rings is 2. The molecule has 0 unspecified atom stereocenters. The number of nitrogens with one attached hydrogen (secondary N) is 1. The van der Waals surface area contributed by atoms with Crippen molar-refractivity contribution in [3.63, 3.8) is 0 Å². The van der Waals surface area contributed by atoms with E-state index in [9.17, 15) is 4.79 Å². The highest BCUT2D eigenvalue weighted by atomic mass is 35.5. The molecule has 0 saturated heterocycles. The first-order chi connectivity index (χ1) is 11.1. The van der Waals surface area contributed by atoms with Gasteiger partial charge in [0, 0.05) is 15.0 Å². The summed E-state index contributed by atoms with van der Waals surface area (Å²) in [5, 5.41) is 4.66. The van der Waals surface area contributed by atoms with Crippen LogP contribution in [0.15, 0.2) is 47.4 Å². The summed E-state index contributed by atoms with van der Waals surface area (Å²) in [6.45, 7) is 2.08. The van der Waals surface area contributed by atoms with Crippen molar-refractivity contribution in [1.82, 2.24) is 0 Å². The molecule has 3 aromatic rings. The van der Waals surface area contributed by atoms with Gasteiger partial charge in [-0.2, -0.15) is 0 Å². The molecule has 3 rings (SSSR count). The van der Waals surface area contributed by atoms with E-state index in [4.69, 9.17) is 23.2 Å². The number of hydrogen-bond donors (Lipinski definition) is 1. The van der Waals surface area contributed by atoms with Gasteiger partial charge in [-0.15, -0.1) is 23.1 Å². The summed E-state index contributed by atoms with van der Waals surface area (Å²) >= 11 is 15.6. The molecule has 1 amide bonds. The van der Waals surface area contributed by atoms with Crippen LogP contribution < -0.4 is 5.32 Å². The van der Waals surface area contributed by atoms with E-state index in [1.54, 1.807) is 17.8 Å². The number of halogens is 2. The first kappa shape index (κ1) is 16.7. The number of rotatable bonds is 4. The molecule has 6 heteroatoms. The van der Waals surface area contributed by atoms with Gasteiger partial charge in [0.15, 0.2) is 0 Å². The summed E-state index contributed by atoms with van der Waals surface area (Å²) in [5.74, 6) is 0.725. The highest BCUT2D eigenvalue weighted by Crippen LogP contribution is 2.40. The zero-order valence-electron chi connectivity index (χ0n) is 12.2. The van der Waals surface area contributed by atoms with Crippen LogP contribution in [-0.2, 0) is 0 Å². The molecule has 0 aliphatic heterocycles. The normalized spacial score (nSPS) is 10.9. The predicted molar refractivity (Wildman–Crippen MR) is 103 cm³/mol. The molecule has 0 spiro atoms. The van der Waals surface area contributed by atoms with Crippen molar-refractivity contribution < 1.29 is 4.79 Å². The van der Waals surface area contributed by atoms with Gasteiger partial charge in [0.2, 0.25) is 0 Å². The number of anilines is 1. The Bertz CT molecular complexity index is 876. The van der Waals surface area contributed by atoms with Crippen molar-refractivity contribution in [3.8, 4) is 0 Å². The highest BCUT2D eigenvalue weighted by molar-refractivity contribution is 7.99. The third-order valence-corrected chi connectivity index (χ3v) is 6.16. The van der Waals surface area contributed by atoms with Gasteiger partial charge >= 0.3 is 0 Å². The van der Waals surface area contributed by atoms with Gasteiger partial charge in [-0.3, -0.25) is 4.79 Å². The standard InChI is InChI=1S/C17H13Cl2NOS2/c1-2-22-12-8-4-3-7-11(12)20-17(21)16-15(19)14-10(18)6-5-9-13(14)23-16/h3-9H,2H2,1H3,(H,20,21). The summed E-state index contributed by atoms with van der Waals surface area (Å²) in [6.07, 6.45) is 0. The van der Waals surface area contributed by atoms with Crippen molar-refractivity contribution >= 4 is 68.0 Å². The maximum atomic E-state index is 12.6. The topological polar surface area (TPSA) is 29.1 Å². The lowest BCUT2D eigenvalue weighted by molar-refractivity contribution is 0.103. The Labute approximate surface area is 152 Å². The Kier molecular flexibility index (Phi) is 5.17. The summed E-state index contributed by atoms with van der Waals surface area (Å²) in [5.41, 5.74) is 0.795. The fourth-order valence-electron chi connectivity index (χ4n) is 2.25. The molecule has 0 saturated carbocycles. The number of para-hydroxylation sites is 1. The number of fused-ring (bicyclic) bond motifs is 1. The lowest BCUT2D eigenvalue weighted by atomic mass is 10.2. The van der Waals surface area contributed by atoms with E-state index in [1.807, 2.05) is 36.4 Å². The van der Waals surface area contributed by atoms with Crippen molar-refractivity contribution in [3.05, 3.63) is 57.4 Å². The van der Waals surface area contributed by atoms with Crippen LogP contribution in [0.5, 0.6) is 0 Å². The number of carbonyl (C=O) groups is 1. The van der Waals surface area contributed by atoms with E-state index in [-0.39, 0.29) is 5.91 Å². The molecule has 0 radical (unpaired) electrons. The SMILES string of the molecule is CCSc1ccccc1NC(=O)c1sc2cccc(Cl)c2c1Cl. The van der Waals surface area contributed by atoms with Gasteiger partial charge in [-0.25, -0.2) is 0 Å². The quantitative estimate of drug-likeness (QED) is 0.517. The first-order valence-electron chi connectivity index (χ1n) is 7.01. The molecule has 0 aliphatic rings. The van der Waals surface area contributed by atoms with Crippen molar-refractivity contribution in [2.75, 3.05) is 11.1 Å². The molecule has 23 heavy (non-hydrogen) atoms. The molecule has 0 bridgehead atoms. The van der Waals surface area contributed by atoms with E-state index in [0.717, 1.165) is 26.4 Å². The molecule has 1 heterocycles. The number of thioether (sulfide) groups is 1. The summed E-state index contributed by atoms with van der Waals surface area (Å²) in [4.78, 5) is 14.2. The van der Waals surface area contributed by atoms with Crippen LogP contribution in [0.2, 0.25) is 10.0 Å². The summed E-state index contributed by atoms with van der Waals surface area (Å²) < 4.78 is 0.906. The smallest absolute Gasteiger partial charge is 0.267 e. The van der Waals surface area contributed by atoms with Gasteiger partial charge < -0.3 is 5.32 Å². The number of carbonyl (C=O) groups excluding carboxylic acids is 1. The largest absolute Gasteiger partial charge is 0.320 e. The van der Waals surface area contributed by atoms with Crippen LogP contribution in [0.25, 0.3) is 10.1 Å².